The number of fused-ring (bicyclic) bond motifs is 2. The fraction of sp³-hybridized carbons (Fsp3) is 0.500. The number of amides is 1. The summed E-state index contributed by atoms with van der Waals surface area (Å²) in [5, 5.41) is 23.2. The number of para-hydroxylation sites is 1. The molecular weight excluding hydrogens is 777 g/mol. The van der Waals surface area contributed by atoms with Crippen LogP contribution in [0.4, 0.5) is 5.69 Å². The van der Waals surface area contributed by atoms with Gasteiger partial charge in [0.2, 0.25) is 0 Å². The van der Waals surface area contributed by atoms with E-state index in [4.69, 9.17) is 9.57 Å². The minimum absolute atomic E-state index is 0.0301. The fourth-order valence-corrected chi connectivity index (χ4v) is 11.5. The van der Waals surface area contributed by atoms with Crippen molar-refractivity contribution in [2.75, 3.05) is 52.3 Å². The normalized spacial score (nSPS) is 27.7. The second-order valence-corrected chi connectivity index (χ2v) is 19.4. The molecule has 330 valence electrons. The third-order valence-electron chi connectivity index (χ3n) is 15.2. The largest absolute Gasteiger partial charge is 0.496 e. The van der Waals surface area contributed by atoms with Gasteiger partial charge in [-0.25, -0.2) is 0 Å². The van der Waals surface area contributed by atoms with E-state index in [9.17, 15) is 19.8 Å². The van der Waals surface area contributed by atoms with E-state index in [0.29, 0.717) is 47.4 Å². The standard InChI is InChI=1S/C52H66N4O6/c1-33-38(24-41-28-44(33)52(41,3)4)27-46(59)49-48(34(2)58)47(32-57)62-56(49)30-37-19-14-20-43(50(37)61-7)39-23-40(26-42(25-39)53(5)6)51(60)55-22-21-54(29-35-15-10-8-11-16-35)31-45(55)36-17-12-9-13-18-36/h8-20,23,25-26,33-34,38,41,44-45,47-49,57-58H,21-22,24,27-32H2,1-7H3/t33-,34+,38-,41+,44+,45?,47+,48-,49?/m1/s1. The molecule has 2 heterocycles. The van der Waals surface area contributed by atoms with Gasteiger partial charge < -0.3 is 24.7 Å². The van der Waals surface area contributed by atoms with Gasteiger partial charge >= 0.3 is 0 Å². The lowest BCUT2D eigenvalue weighted by atomic mass is 9.43. The van der Waals surface area contributed by atoms with Gasteiger partial charge in [-0.3, -0.25) is 19.3 Å². The highest BCUT2D eigenvalue weighted by Crippen LogP contribution is 2.63. The maximum atomic E-state index is 14.9. The summed E-state index contributed by atoms with van der Waals surface area (Å²) >= 11 is 0. The Labute approximate surface area is 368 Å². The van der Waals surface area contributed by atoms with E-state index in [0.717, 1.165) is 54.0 Å². The second-order valence-electron chi connectivity index (χ2n) is 19.4. The third kappa shape index (κ3) is 8.57. The molecule has 9 rings (SSSR count). The van der Waals surface area contributed by atoms with Gasteiger partial charge in [0.1, 0.15) is 17.9 Å². The maximum absolute atomic E-state index is 14.9. The number of nitrogens with zero attached hydrogens (tertiary/aromatic N) is 4. The van der Waals surface area contributed by atoms with Gasteiger partial charge in [-0.1, -0.05) is 99.6 Å². The number of hydrogen-bond acceptors (Lipinski definition) is 9. The Bertz CT molecular complexity index is 2200. The van der Waals surface area contributed by atoms with E-state index in [1.54, 1.807) is 19.1 Å². The van der Waals surface area contributed by atoms with E-state index in [2.05, 4.69) is 68.1 Å². The van der Waals surface area contributed by atoms with Gasteiger partial charge in [0.15, 0.2) is 5.78 Å². The zero-order valence-corrected chi connectivity index (χ0v) is 37.6. The lowest BCUT2D eigenvalue weighted by Crippen LogP contribution is -2.55. The molecule has 5 aliphatic rings. The summed E-state index contributed by atoms with van der Waals surface area (Å²) in [4.78, 5) is 42.3. The van der Waals surface area contributed by atoms with Crippen LogP contribution < -0.4 is 9.64 Å². The van der Waals surface area contributed by atoms with Gasteiger partial charge in [-0.15, -0.1) is 0 Å². The van der Waals surface area contributed by atoms with Crippen LogP contribution in [-0.4, -0.2) is 102 Å². The Balaban J connectivity index is 1.08. The van der Waals surface area contributed by atoms with Crippen LogP contribution in [0.25, 0.3) is 11.1 Å². The smallest absolute Gasteiger partial charge is 0.254 e. The Morgan fingerprint density at radius 3 is 2.31 bits per heavy atom. The molecule has 4 aromatic rings. The first kappa shape index (κ1) is 44.0. The zero-order chi connectivity index (χ0) is 43.9. The van der Waals surface area contributed by atoms with Crippen molar-refractivity contribution in [3.8, 4) is 16.9 Å². The summed E-state index contributed by atoms with van der Waals surface area (Å²) in [5.74, 6) is 2.00. The molecule has 0 aromatic heterocycles. The summed E-state index contributed by atoms with van der Waals surface area (Å²) in [7, 11) is 5.60. The van der Waals surface area contributed by atoms with E-state index in [1.807, 2.05) is 78.5 Å². The van der Waals surface area contributed by atoms with E-state index < -0.39 is 24.2 Å². The van der Waals surface area contributed by atoms with Crippen LogP contribution in [0.5, 0.6) is 5.75 Å². The lowest BCUT2D eigenvalue weighted by molar-refractivity contribution is -0.183. The van der Waals surface area contributed by atoms with Crippen molar-refractivity contribution in [3.05, 3.63) is 119 Å². The SMILES string of the molecule is COc1c(CN2O[C@@H](CO)[C@@H]([C@H](C)O)C2C(=O)C[C@H]2C[C@H]3C[C@@H]([C@@H]2C)C3(C)C)cccc1-c1cc(C(=O)N2CCN(Cc3ccccc3)CC2c2ccccc2)cc(N(C)C)c1. The number of piperazine rings is 1. The number of aliphatic hydroxyl groups is 2. The third-order valence-corrected chi connectivity index (χ3v) is 15.2. The van der Waals surface area contributed by atoms with Gasteiger partial charge in [0, 0.05) is 75.0 Å². The minimum Gasteiger partial charge on any atom is -0.496 e. The van der Waals surface area contributed by atoms with Gasteiger partial charge in [-0.05, 0) is 83.7 Å². The van der Waals surface area contributed by atoms with Crippen molar-refractivity contribution in [2.45, 2.75) is 84.3 Å². The number of hydroxylamine groups is 2. The van der Waals surface area contributed by atoms with Crippen LogP contribution in [0.1, 0.15) is 80.0 Å². The predicted octanol–water partition coefficient (Wildman–Crippen LogP) is 7.88. The first-order valence-electron chi connectivity index (χ1n) is 22.6. The molecule has 2 saturated heterocycles. The summed E-state index contributed by atoms with van der Waals surface area (Å²) < 4.78 is 6.21. The highest BCUT2D eigenvalue weighted by atomic mass is 16.7. The summed E-state index contributed by atoms with van der Waals surface area (Å²) in [6.07, 6.45) is 1.11. The Hall–Kier alpha value is -4.58. The molecule has 10 nitrogen and oxygen atoms in total. The van der Waals surface area contributed by atoms with Crippen LogP contribution in [-0.2, 0) is 22.7 Å². The van der Waals surface area contributed by atoms with Crippen molar-refractivity contribution in [3.63, 3.8) is 0 Å². The molecule has 2 bridgehead atoms. The lowest BCUT2D eigenvalue weighted by Gasteiger charge is -2.62. The molecule has 62 heavy (non-hydrogen) atoms. The van der Waals surface area contributed by atoms with Crippen molar-refractivity contribution in [1.29, 1.82) is 0 Å². The van der Waals surface area contributed by atoms with Crippen LogP contribution in [0.2, 0.25) is 0 Å². The monoisotopic (exact) mass is 842 g/mol. The molecule has 2 N–H and O–H groups in total. The topological polar surface area (TPSA) is 106 Å². The molecular formula is C52H66N4O6. The number of benzene rings is 4. The fourth-order valence-electron chi connectivity index (χ4n) is 11.5. The highest BCUT2D eigenvalue weighted by molar-refractivity contribution is 5.97. The van der Waals surface area contributed by atoms with E-state index in [-0.39, 0.29) is 36.8 Å². The molecule has 0 radical (unpaired) electrons. The number of anilines is 1. The zero-order valence-electron chi connectivity index (χ0n) is 37.6. The van der Waals surface area contributed by atoms with Crippen LogP contribution in [0.15, 0.2) is 97.1 Å². The average Bonchev–Trinajstić information content (AvgIpc) is 3.65. The molecule has 5 fully saturated rings. The number of carbonyl (C=O) groups is 2. The minimum atomic E-state index is -0.867. The first-order chi connectivity index (χ1) is 29.8. The molecule has 9 atom stereocenters. The molecule has 1 amide bonds. The molecule has 0 spiro atoms. The molecule has 10 heteroatoms. The number of Topliss-reactive ketones (excluding diaryl/α,β-unsaturated/α-hetero) is 1. The summed E-state index contributed by atoms with van der Waals surface area (Å²) in [5.41, 5.74) is 6.58. The number of aliphatic hydroxyl groups excluding tert-OH is 2. The Morgan fingerprint density at radius 2 is 1.66 bits per heavy atom. The Morgan fingerprint density at radius 1 is 0.935 bits per heavy atom. The molecule has 3 saturated carbocycles. The van der Waals surface area contributed by atoms with Crippen molar-refractivity contribution in [2.24, 2.45) is 35.0 Å². The summed E-state index contributed by atoms with van der Waals surface area (Å²) in [6.45, 7) is 11.5. The number of rotatable bonds is 14. The highest BCUT2D eigenvalue weighted by Gasteiger charge is 2.57. The summed E-state index contributed by atoms with van der Waals surface area (Å²) in [6, 6.07) is 31.9. The van der Waals surface area contributed by atoms with Crippen LogP contribution in [0, 0.1) is 35.0 Å². The van der Waals surface area contributed by atoms with Crippen LogP contribution in [0.3, 0.4) is 0 Å². The van der Waals surface area contributed by atoms with Gasteiger partial charge in [0.05, 0.1) is 32.4 Å². The van der Waals surface area contributed by atoms with E-state index >= 15 is 0 Å². The van der Waals surface area contributed by atoms with E-state index in [1.165, 1.54) is 12.0 Å². The quantitative estimate of drug-likeness (QED) is 0.131. The molecule has 2 aliphatic heterocycles. The van der Waals surface area contributed by atoms with Crippen molar-refractivity contribution in [1.82, 2.24) is 14.9 Å². The van der Waals surface area contributed by atoms with Crippen molar-refractivity contribution >= 4 is 17.4 Å². The number of methoxy groups -OCH3 is 1. The molecule has 2 unspecified atom stereocenters. The predicted molar refractivity (Wildman–Crippen MR) is 243 cm³/mol. The number of carbonyl (C=O) groups excluding carboxylic acids is 2. The van der Waals surface area contributed by atoms with Crippen LogP contribution >= 0.6 is 0 Å². The number of hydrogen-bond donors (Lipinski definition) is 2. The first-order valence-corrected chi connectivity index (χ1v) is 22.6. The number of ketones is 1. The molecule has 3 aliphatic carbocycles. The maximum Gasteiger partial charge on any atom is 0.254 e. The van der Waals surface area contributed by atoms with Crippen molar-refractivity contribution < 1.29 is 29.4 Å². The molecule has 4 aromatic carbocycles. The van der Waals surface area contributed by atoms with Gasteiger partial charge in [0.25, 0.3) is 5.91 Å². The average molecular weight is 843 g/mol. The Kier molecular flexibility index (Phi) is 13.0. The second kappa shape index (κ2) is 18.3. The number of ether oxygens (including phenoxy) is 1. The van der Waals surface area contributed by atoms with Gasteiger partial charge in [-0.2, -0.15) is 5.06 Å².